The molecule has 0 saturated heterocycles. The first-order valence-electron chi connectivity index (χ1n) is 8.05. The highest BCUT2D eigenvalue weighted by molar-refractivity contribution is 5.91. The molecule has 2 aromatic carbocycles. The van der Waals surface area contributed by atoms with Crippen LogP contribution in [-0.2, 0) is 4.79 Å². The van der Waals surface area contributed by atoms with E-state index in [0.29, 0.717) is 11.5 Å². The lowest BCUT2D eigenvalue weighted by Gasteiger charge is -2.12. The maximum Gasteiger partial charge on any atom is 0.279 e. The molecule has 3 nitrogen and oxygen atoms in total. The molecule has 0 bridgehead atoms. The fourth-order valence-corrected chi connectivity index (χ4v) is 2.44. The predicted octanol–water partition coefficient (Wildman–Crippen LogP) is 3.35. The van der Waals surface area contributed by atoms with E-state index in [9.17, 15) is 13.6 Å². The van der Waals surface area contributed by atoms with Gasteiger partial charge in [0.15, 0.2) is 6.54 Å². The zero-order valence-electron chi connectivity index (χ0n) is 14.1. The van der Waals surface area contributed by atoms with Gasteiger partial charge in [0.2, 0.25) is 0 Å². The van der Waals surface area contributed by atoms with Gasteiger partial charge in [0.05, 0.1) is 0 Å². The van der Waals surface area contributed by atoms with Gasteiger partial charge in [0.1, 0.15) is 17.7 Å². The molecule has 0 aromatic heterocycles. The van der Waals surface area contributed by atoms with Gasteiger partial charge in [-0.05, 0) is 42.7 Å². The van der Waals surface area contributed by atoms with Crippen LogP contribution < -0.4 is 10.6 Å². The average molecular weight is 333 g/mol. The lowest BCUT2D eigenvalue weighted by atomic mass is 10.0. The summed E-state index contributed by atoms with van der Waals surface area (Å²) in [6, 6.07) is 10.9. The standard InChI is InChI=1S/C19H22F2N2O/c1-12(2)14-4-7-16(8-5-14)23-19(24)11-22-13(3)17-9-6-15(20)10-18(17)21/h4-10,12-13,22H,11H2,1-3H3,(H,23,24)/p+1/t13-/m0/s1. The van der Waals surface area contributed by atoms with Crippen LogP contribution >= 0.6 is 0 Å². The highest BCUT2D eigenvalue weighted by Gasteiger charge is 2.16. The van der Waals surface area contributed by atoms with Gasteiger partial charge >= 0.3 is 0 Å². The Morgan fingerprint density at radius 2 is 1.75 bits per heavy atom. The molecular weight excluding hydrogens is 310 g/mol. The number of amides is 1. The number of anilines is 1. The number of hydrogen-bond acceptors (Lipinski definition) is 1. The highest BCUT2D eigenvalue weighted by atomic mass is 19.1. The Morgan fingerprint density at radius 3 is 2.33 bits per heavy atom. The largest absolute Gasteiger partial charge is 0.332 e. The molecule has 1 amide bonds. The molecule has 0 fully saturated rings. The zero-order valence-corrected chi connectivity index (χ0v) is 14.1. The van der Waals surface area contributed by atoms with Crippen molar-refractivity contribution in [1.82, 2.24) is 0 Å². The van der Waals surface area contributed by atoms with Crippen LogP contribution in [0.1, 0.15) is 43.9 Å². The van der Waals surface area contributed by atoms with Crippen LogP contribution in [-0.4, -0.2) is 12.5 Å². The molecule has 2 aromatic rings. The Morgan fingerprint density at radius 1 is 1.08 bits per heavy atom. The number of benzene rings is 2. The Kier molecular flexibility index (Phi) is 6.04. The number of carbonyl (C=O) groups excluding carboxylic acids is 1. The van der Waals surface area contributed by atoms with Crippen LogP contribution in [0, 0.1) is 11.6 Å². The summed E-state index contributed by atoms with van der Waals surface area (Å²) in [4.78, 5) is 12.0. The summed E-state index contributed by atoms with van der Waals surface area (Å²) in [5, 5.41) is 4.53. The molecule has 0 spiro atoms. The van der Waals surface area contributed by atoms with Crippen LogP contribution in [0.4, 0.5) is 14.5 Å². The Labute approximate surface area is 141 Å². The normalized spacial score (nSPS) is 12.2. The third-order valence-corrected chi connectivity index (χ3v) is 3.97. The number of nitrogens with one attached hydrogen (secondary N) is 1. The first-order chi connectivity index (χ1) is 11.4. The van der Waals surface area contributed by atoms with Gasteiger partial charge in [0, 0.05) is 17.3 Å². The number of rotatable bonds is 6. The van der Waals surface area contributed by atoms with Crippen molar-refractivity contribution >= 4 is 11.6 Å². The average Bonchev–Trinajstić information content (AvgIpc) is 2.53. The number of carbonyl (C=O) groups is 1. The van der Waals surface area contributed by atoms with Crippen LogP contribution in [0.2, 0.25) is 0 Å². The van der Waals surface area contributed by atoms with Crippen molar-refractivity contribution in [3.05, 3.63) is 65.2 Å². The number of hydrogen-bond donors (Lipinski definition) is 2. The van der Waals surface area contributed by atoms with Crippen molar-refractivity contribution in [3.63, 3.8) is 0 Å². The number of quaternary nitrogens is 1. The quantitative estimate of drug-likeness (QED) is 0.837. The third kappa shape index (κ3) is 4.86. The molecule has 0 aliphatic carbocycles. The fraction of sp³-hybridized carbons (Fsp3) is 0.316. The number of halogens is 2. The molecule has 0 unspecified atom stereocenters. The van der Waals surface area contributed by atoms with Gasteiger partial charge in [-0.1, -0.05) is 26.0 Å². The van der Waals surface area contributed by atoms with E-state index in [4.69, 9.17) is 0 Å². The molecule has 0 radical (unpaired) electrons. The predicted molar refractivity (Wildman–Crippen MR) is 90.7 cm³/mol. The second-order valence-corrected chi connectivity index (χ2v) is 6.22. The molecule has 0 heterocycles. The Hall–Kier alpha value is -2.27. The SMILES string of the molecule is CC(C)c1ccc(NC(=O)C[NH2+][C@@H](C)c2ccc(F)cc2F)cc1. The molecule has 5 heteroatoms. The molecule has 0 saturated carbocycles. The molecular formula is C19H23F2N2O+. The smallest absolute Gasteiger partial charge is 0.279 e. The monoisotopic (exact) mass is 333 g/mol. The maximum atomic E-state index is 13.7. The summed E-state index contributed by atoms with van der Waals surface area (Å²) in [6.45, 7) is 6.15. The van der Waals surface area contributed by atoms with Crippen LogP contribution in [0.5, 0.6) is 0 Å². The Balaban J connectivity index is 1.88. The summed E-state index contributed by atoms with van der Waals surface area (Å²) in [7, 11) is 0. The van der Waals surface area contributed by atoms with Gasteiger partial charge in [-0.2, -0.15) is 0 Å². The minimum Gasteiger partial charge on any atom is -0.332 e. The van der Waals surface area contributed by atoms with Crippen molar-refractivity contribution in [2.24, 2.45) is 0 Å². The topological polar surface area (TPSA) is 45.7 Å². The summed E-state index contributed by atoms with van der Waals surface area (Å²) < 4.78 is 26.6. The van der Waals surface area contributed by atoms with Crippen molar-refractivity contribution in [3.8, 4) is 0 Å². The second kappa shape index (κ2) is 8.02. The summed E-state index contributed by atoms with van der Waals surface area (Å²) in [5.41, 5.74) is 2.32. The first-order valence-corrected chi connectivity index (χ1v) is 8.05. The van der Waals surface area contributed by atoms with E-state index in [1.807, 2.05) is 24.3 Å². The first kappa shape index (κ1) is 18.1. The van der Waals surface area contributed by atoms with E-state index < -0.39 is 11.6 Å². The van der Waals surface area contributed by atoms with Crippen molar-refractivity contribution < 1.29 is 18.9 Å². The van der Waals surface area contributed by atoms with E-state index in [1.54, 1.807) is 12.2 Å². The summed E-state index contributed by atoms with van der Waals surface area (Å²) >= 11 is 0. The molecule has 0 aliphatic rings. The van der Waals surface area contributed by atoms with Gasteiger partial charge in [0.25, 0.3) is 5.91 Å². The van der Waals surface area contributed by atoms with Gasteiger partial charge in [-0.25, -0.2) is 8.78 Å². The number of nitrogens with two attached hydrogens (primary N) is 1. The molecule has 3 N–H and O–H groups in total. The van der Waals surface area contributed by atoms with E-state index in [1.165, 1.54) is 17.7 Å². The molecule has 128 valence electrons. The zero-order chi connectivity index (χ0) is 17.7. The van der Waals surface area contributed by atoms with E-state index in [-0.39, 0.29) is 18.5 Å². The third-order valence-electron chi connectivity index (χ3n) is 3.97. The lowest BCUT2D eigenvalue weighted by molar-refractivity contribution is -0.682. The maximum absolute atomic E-state index is 13.7. The summed E-state index contributed by atoms with van der Waals surface area (Å²) in [6.07, 6.45) is 0. The fourth-order valence-electron chi connectivity index (χ4n) is 2.44. The van der Waals surface area contributed by atoms with Crippen LogP contribution in [0.25, 0.3) is 0 Å². The van der Waals surface area contributed by atoms with Crippen molar-refractivity contribution in [1.29, 1.82) is 0 Å². The van der Waals surface area contributed by atoms with Gasteiger partial charge in [-0.3, -0.25) is 4.79 Å². The minimum atomic E-state index is -0.606. The van der Waals surface area contributed by atoms with E-state index >= 15 is 0 Å². The summed E-state index contributed by atoms with van der Waals surface area (Å²) in [5.74, 6) is -0.925. The minimum absolute atomic E-state index is 0.157. The van der Waals surface area contributed by atoms with Gasteiger partial charge in [-0.15, -0.1) is 0 Å². The van der Waals surface area contributed by atoms with Gasteiger partial charge < -0.3 is 10.6 Å². The highest BCUT2D eigenvalue weighted by Crippen LogP contribution is 2.17. The van der Waals surface area contributed by atoms with Crippen molar-refractivity contribution in [2.75, 3.05) is 11.9 Å². The van der Waals surface area contributed by atoms with Crippen LogP contribution in [0.15, 0.2) is 42.5 Å². The molecule has 0 aliphatic heterocycles. The van der Waals surface area contributed by atoms with Crippen LogP contribution in [0.3, 0.4) is 0 Å². The molecule has 24 heavy (non-hydrogen) atoms. The molecule has 2 rings (SSSR count). The molecule has 1 atom stereocenters. The van der Waals surface area contributed by atoms with E-state index in [2.05, 4.69) is 19.2 Å². The second-order valence-electron chi connectivity index (χ2n) is 6.22. The lowest BCUT2D eigenvalue weighted by Crippen LogP contribution is -2.86. The van der Waals surface area contributed by atoms with Crippen molar-refractivity contribution in [2.45, 2.75) is 32.7 Å². The Bertz CT molecular complexity index is 699. The van der Waals surface area contributed by atoms with E-state index in [0.717, 1.165) is 11.8 Å².